The van der Waals surface area contributed by atoms with Crippen LogP contribution in [0.2, 0.25) is 0 Å². The molecule has 1 rings (SSSR count). The summed E-state index contributed by atoms with van der Waals surface area (Å²) in [7, 11) is 3.54. The highest BCUT2D eigenvalue weighted by atomic mass is 16.5. The second-order valence-electron chi connectivity index (χ2n) is 3.92. The molecular formula is C12H20N2O. The highest BCUT2D eigenvalue weighted by Crippen LogP contribution is 2.28. The van der Waals surface area contributed by atoms with Crippen LogP contribution in [0.15, 0.2) is 18.2 Å². The van der Waals surface area contributed by atoms with Crippen molar-refractivity contribution in [2.45, 2.75) is 25.9 Å². The molecule has 0 spiro atoms. The summed E-state index contributed by atoms with van der Waals surface area (Å²) in [5, 5.41) is 3.02. The van der Waals surface area contributed by atoms with Gasteiger partial charge in [-0.15, -0.1) is 0 Å². The van der Waals surface area contributed by atoms with Crippen molar-refractivity contribution in [1.29, 1.82) is 0 Å². The molecule has 0 aliphatic carbocycles. The van der Waals surface area contributed by atoms with Crippen molar-refractivity contribution in [1.82, 2.24) is 5.32 Å². The van der Waals surface area contributed by atoms with Gasteiger partial charge in [0.15, 0.2) is 0 Å². The van der Waals surface area contributed by atoms with E-state index in [2.05, 4.69) is 25.2 Å². The molecule has 3 N–H and O–H groups in total. The molecule has 1 unspecified atom stereocenters. The van der Waals surface area contributed by atoms with E-state index in [0.29, 0.717) is 5.92 Å². The minimum atomic E-state index is -0.117. The average Bonchev–Trinajstić information content (AvgIpc) is 2.27. The first kappa shape index (κ1) is 12.0. The summed E-state index contributed by atoms with van der Waals surface area (Å²) < 4.78 is 5.31. The molecule has 1 aromatic carbocycles. The van der Waals surface area contributed by atoms with Crippen molar-refractivity contribution in [3.05, 3.63) is 29.3 Å². The zero-order valence-electron chi connectivity index (χ0n) is 9.87. The predicted molar refractivity (Wildman–Crippen MR) is 63.1 cm³/mol. The summed E-state index contributed by atoms with van der Waals surface area (Å²) in [6.45, 7) is 4.29. The summed E-state index contributed by atoms with van der Waals surface area (Å²) in [4.78, 5) is 0. The Labute approximate surface area is 91.6 Å². The Bertz CT molecular complexity index is 323. The predicted octanol–water partition coefficient (Wildman–Crippen LogP) is 2.00. The van der Waals surface area contributed by atoms with Crippen LogP contribution in [0, 0.1) is 0 Å². The number of rotatable bonds is 4. The van der Waals surface area contributed by atoms with E-state index in [1.54, 1.807) is 7.11 Å². The topological polar surface area (TPSA) is 47.3 Å². The molecule has 0 bridgehead atoms. The maximum atomic E-state index is 5.90. The second-order valence-corrected chi connectivity index (χ2v) is 3.92. The number of hydrogen-bond donors (Lipinski definition) is 2. The Morgan fingerprint density at radius 2 is 2.00 bits per heavy atom. The lowest BCUT2D eigenvalue weighted by Crippen LogP contribution is -2.24. The van der Waals surface area contributed by atoms with E-state index in [4.69, 9.17) is 10.5 Å². The molecule has 1 atom stereocenters. The summed E-state index contributed by atoms with van der Waals surface area (Å²) in [6, 6.07) is 6.07. The van der Waals surface area contributed by atoms with Crippen molar-refractivity contribution in [3.63, 3.8) is 0 Å². The first-order valence-corrected chi connectivity index (χ1v) is 5.20. The van der Waals surface area contributed by atoms with Crippen molar-refractivity contribution < 1.29 is 4.74 Å². The van der Waals surface area contributed by atoms with E-state index in [-0.39, 0.29) is 6.17 Å². The molecule has 0 aromatic heterocycles. The first-order chi connectivity index (χ1) is 7.10. The highest BCUT2D eigenvalue weighted by Gasteiger charge is 2.10. The highest BCUT2D eigenvalue weighted by molar-refractivity contribution is 5.40. The third-order valence-electron chi connectivity index (χ3n) is 2.55. The van der Waals surface area contributed by atoms with Gasteiger partial charge in [-0.05, 0) is 36.2 Å². The first-order valence-electron chi connectivity index (χ1n) is 5.20. The van der Waals surface area contributed by atoms with Crippen LogP contribution in [0.1, 0.15) is 37.1 Å². The third kappa shape index (κ3) is 2.70. The van der Waals surface area contributed by atoms with E-state index in [0.717, 1.165) is 11.3 Å². The quantitative estimate of drug-likeness (QED) is 0.744. The molecule has 0 saturated carbocycles. The summed E-state index contributed by atoms with van der Waals surface area (Å²) in [6.07, 6.45) is -0.117. The smallest absolute Gasteiger partial charge is 0.122 e. The number of hydrogen-bond acceptors (Lipinski definition) is 3. The normalized spacial score (nSPS) is 12.9. The summed E-state index contributed by atoms with van der Waals surface area (Å²) in [5.74, 6) is 1.36. The van der Waals surface area contributed by atoms with Gasteiger partial charge in [-0.2, -0.15) is 0 Å². The molecule has 0 heterocycles. The Kier molecular flexibility index (Phi) is 4.12. The molecule has 3 nitrogen and oxygen atoms in total. The Balaban J connectivity index is 3.10. The fourth-order valence-electron chi connectivity index (χ4n) is 1.56. The Morgan fingerprint density at radius 3 is 2.47 bits per heavy atom. The van der Waals surface area contributed by atoms with Crippen LogP contribution in [0.3, 0.4) is 0 Å². The Hall–Kier alpha value is -1.06. The van der Waals surface area contributed by atoms with Crippen molar-refractivity contribution in [2.75, 3.05) is 14.2 Å². The lowest BCUT2D eigenvalue weighted by Gasteiger charge is -2.16. The van der Waals surface area contributed by atoms with Crippen LogP contribution >= 0.6 is 0 Å². The molecule has 84 valence electrons. The zero-order valence-corrected chi connectivity index (χ0v) is 9.87. The lowest BCUT2D eigenvalue weighted by molar-refractivity contribution is 0.407. The fourth-order valence-corrected chi connectivity index (χ4v) is 1.56. The number of nitrogens with two attached hydrogens (primary N) is 1. The molecule has 1 aromatic rings. The Morgan fingerprint density at radius 1 is 1.33 bits per heavy atom. The van der Waals surface area contributed by atoms with E-state index in [1.165, 1.54) is 5.56 Å². The van der Waals surface area contributed by atoms with Crippen LogP contribution in [0.5, 0.6) is 5.75 Å². The van der Waals surface area contributed by atoms with E-state index in [1.807, 2.05) is 19.2 Å². The zero-order chi connectivity index (χ0) is 11.4. The lowest BCUT2D eigenvalue weighted by atomic mass is 9.98. The third-order valence-corrected chi connectivity index (χ3v) is 2.55. The van der Waals surface area contributed by atoms with Crippen molar-refractivity contribution in [3.8, 4) is 5.75 Å². The standard InChI is InChI=1S/C12H20N2O/c1-8(2)10-7-9(12(13)14-3)5-6-11(10)15-4/h5-8,12,14H,13H2,1-4H3. The summed E-state index contributed by atoms with van der Waals surface area (Å²) in [5.41, 5.74) is 8.18. The van der Waals surface area contributed by atoms with Crippen molar-refractivity contribution in [2.24, 2.45) is 5.73 Å². The molecule has 3 heteroatoms. The monoisotopic (exact) mass is 208 g/mol. The molecule has 0 fully saturated rings. The van der Waals surface area contributed by atoms with Crippen LogP contribution in [-0.2, 0) is 0 Å². The SMILES string of the molecule is CNC(N)c1ccc(OC)c(C(C)C)c1. The molecular weight excluding hydrogens is 188 g/mol. The van der Waals surface area contributed by atoms with Crippen LogP contribution in [0.4, 0.5) is 0 Å². The number of methoxy groups -OCH3 is 1. The molecule has 0 amide bonds. The molecule has 15 heavy (non-hydrogen) atoms. The van der Waals surface area contributed by atoms with Crippen LogP contribution in [-0.4, -0.2) is 14.2 Å². The summed E-state index contributed by atoms with van der Waals surface area (Å²) >= 11 is 0. The number of ether oxygens (including phenoxy) is 1. The van der Waals surface area contributed by atoms with Crippen LogP contribution in [0.25, 0.3) is 0 Å². The van der Waals surface area contributed by atoms with Gasteiger partial charge >= 0.3 is 0 Å². The van der Waals surface area contributed by atoms with Gasteiger partial charge in [-0.1, -0.05) is 19.9 Å². The van der Waals surface area contributed by atoms with Gasteiger partial charge < -0.3 is 15.8 Å². The second kappa shape index (κ2) is 5.14. The maximum absolute atomic E-state index is 5.90. The van der Waals surface area contributed by atoms with Crippen molar-refractivity contribution >= 4 is 0 Å². The molecule has 0 aliphatic rings. The molecule has 0 saturated heterocycles. The van der Waals surface area contributed by atoms with E-state index >= 15 is 0 Å². The largest absolute Gasteiger partial charge is 0.496 e. The van der Waals surface area contributed by atoms with Gasteiger partial charge in [0.25, 0.3) is 0 Å². The van der Waals surface area contributed by atoms with Gasteiger partial charge in [0.05, 0.1) is 13.3 Å². The van der Waals surface area contributed by atoms with Gasteiger partial charge in [0.2, 0.25) is 0 Å². The van der Waals surface area contributed by atoms with E-state index in [9.17, 15) is 0 Å². The maximum Gasteiger partial charge on any atom is 0.122 e. The van der Waals surface area contributed by atoms with Gasteiger partial charge in [0.1, 0.15) is 5.75 Å². The van der Waals surface area contributed by atoms with Gasteiger partial charge in [0, 0.05) is 0 Å². The van der Waals surface area contributed by atoms with Gasteiger partial charge in [-0.3, -0.25) is 0 Å². The number of nitrogens with one attached hydrogen (secondary N) is 1. The molecule has 0 radical (unpaired) electrons. The van der Waals surface area contributed by atoms with E-state index < -0.39 is 0 Å². The number of benzene rings is 1. The minimum Gasteiger partial charge on any atom is -0.496 e. The average molecular weight is 208 g/mol. The fraction of sp³-hybridized carbons (Fsp3) is 0.500. The minimum absolute atomic E-state index is 0.117. The van der Waals surface area contributed by atoms with Crippen LogP contribution < -0.4 is 15.8 Å². The van der Waals surface area contributed by atoms with Gasteiger partial charge in [-0.25, -0.2) is 0 Å². The molecule has 0 aliphatic heterocycles.